The largest absolute Gasteiger partial charge is 0.493 e. The summed E-state index contributed by atoms with van der Waals surface area (Å²) in [6, 6.07) is 15.4. The minimum Gasteiger partial charge on any atom is -0.493 e. The monoisotopic (exact) mass is 432 g/mol. The van der Waals surface area contributed by atoms with Crippen LogP contribution in [0.15, 0.2) is 53.1 Å². The molecule has 2 heterocycles. The normalized spacial score (nSPS) is 11.9. The van der Waals surface area contributed by atoms with Crippen molar-refractivity contribution >= 4 is 17.9 Å². The number of carbonyl (C=O) groups excluding carboxylic acids is 3. The molecule has 1 aromatic heterocycles. The number of aryl methyl sites for hydroxylation is 1. The van der Waals surface area contributed by atoms with Gasteiger partial charge in [0.05, 0.1) is 6.61 Å². The molecule has 8 heteroatoms. The van der Waals surface area contributed by atoms with Crippen molar-refractivity contribution in [1.29, 1.82) is 0 Å². The van der Waals surface area contributed by atoms with Crippen LogP contribution >= 0.6 is 0 Å². The third-order valence-electron chi connectivity index (χ3n) is 4.66. The fourth-order valence-corrected chi connectivity index (χ4v) is 3.06. The summed E-state index contributed by atoms with van der Waals surface area (Å²) in [4.78, 5) is 28.6. The molecular weight excluding hydrogens is 412 g/mol. The van der Waals surface area contributed by atoms with Crippen LogP contribution < -0.4 is 10.1 Å². The van der Waals surface area contributed by atoms with Gasteiger partial charge < -0.3 is 14.0 Å². The standard InChI is InChI=1S/C23H20N2O4.CO2/c1-15-22(24-23(26)28-16(2)18-6-4-3-5-7-18)20(29-25-15)11-9-17-8-10-19-12-13-27-21(19)14-17;2-1-3/h3-8,10,14,16H,12-13H2,1-2H3,(H,24,26);. The number of benzene rings is 2. The predicted octanol–water partition coefficient (Wildman–Crippen LogP) is 4.04. The molecule has 8 nitrogen and oxygen atoms in total. The van der Waals surface area contributed by atoms with Crippen LogP contribution in [0.25, 0.3) is 0 Å². The lowest BCUT2D eigenvalue weighted by Gasteiger charge is -2.13. The van der Waals surface area contributed by atoms with Gasteiger partial charge in [-0.2, -0.15) is 9.59 Å². The molecule has 0 radical (unpaired) electrons. The van der Waals surface area contributed by atoms with Gasteiger partial charge in [-0.25, -0.2) is 4.79 Å². The zero-order valence-electron chi connectivity index (χ0n) is 17.5. The van der Waals surface area contributed by atoms with E-state index in [0.717, 1.165) is 23.3 Å². The van der Waals surface area contributed by atoms with Crippen molar-refractivity contribution in [2.45, 2.75) is 26.4 Å². The molecule has 0 fully saturated rings. The lowest BCUT2D eigenvalue weighted by molar-refractivity contribution is -0.191. The number of aromatic nitrogens is 1. The Morgan fingerprint density at radius 3 is 2.66 bits per heavy atom. The van der Waals surface area contributed by atoms with E-state index in [0.29, 0.717) is 18.0 Å². The van der Waals surface area contributed by atoms with Gasteiger partial charge in [-0.05, 0) is 43.0 Å². The van der Waals surface area contributed by atoms with Gasteiger partial charge in [0, 0.05) is 12.0 Å². The fraction of sp³-hybridized carbons (Fsp3) is 0.208. The van der Waals surface area contributed by atoms with Crippen molar-refractivity contribution in [3.63, 3.8) is 0 Å². The van der Waals surface area contributed by atoms with E-state index in [1.165, 1.54) is 5.56 Å². The van der Waals surface area contributed by atoms with E-state index in [2.05, 4.69) is 22.3 Å². The second kappa shape index (κ2) is 10.6. The highest BCUT2D eigenvalue weighted by molar-refractivity contribution is 5.87. The minimum atomic E-state index is -0.596. The molecule has 1 aliphatic heterocycles. The van der Waals surface area contributed by atoms with Crippen LogP contribution in [0.3, 0.4) is 0 Å². The molecule has 1 unspecified atom stereocenters. The number of ether oxygens (including phenoxy) is 2. The summed E-state index contributed by atoms with van der Waals surface area (Å²) in [5.74, 6) is 7.09. The Labute approximate surface area is 184 Å². The average Bonchev–Trinajstić information content (AvgIpc) is 3.40. The summed E-state index contributed by atoms with van der Waals surface area (Å²) in [6.07, 6.45) is 0.181. The molecule has 0 aliphatic carbocycles. The maximum atomic E-state index is 12.3. The van der Waals surface area contributed by atoms with Crippen molar-refractivity contribution in [3.8, 4) is 17.6 Å². The molecule has 0 spiro atoms. The average molecular weight is 432 g/mol. The molecule has 0 bridgehead atoms. The number of nitrogens with zero attached hydrogens (tertiary/aromatic N) is 1. The highest BCUT2D eigenvalue weighted by Gasteiger charge is 2.18. The number of rotatable bonds is 3. The van der Waals surface area contributed by atoms with E-state index in [1.54, 1.807) is 6.92 Å². The molecule has 162 valence electrons. The molecule has 32 heavy (non-hydrogen) atoms. The zero-order valence-corrected chi connectivity index (χ0v) is 17.5. The summed E-state index contributed by atoms with van der Waals surface area (Å²) >= 11 is 0. The van der Waals surface area contributed by atoms with E-state index in [4.69, 9.17) is 23.6 Å². The minimum absolute atomic E-state index is 0.250. The highest BCUT2D eigenvalue weighted by atomic mass is 16.6. The zero-order chi connectivity index (χ0) is 22.9. The van der Waals surface area contributed by atoms with Gasteiger partial charge in [-0.3, -0.25) is 5.32 Å². The van der Waals surface area contributed by atoms with Crippen molar-refractivity contribution in [3.05, 3.63) is 76.7 Å². The Bertz CT molecular complexity index is 1180. The number of carbonyl (C=O) groups is 1. The van der Waals surface area contributed by atoms with Gasteiger partial charge in [0.25, 0.3) is 0 Å². The number of hydrogen-bond donors (Lipinski definition) is 1. The summed E-state index contributed by atoms with van der Waals surface area (Å²) in [7, 11) is 0. The number of hydrogen-bond acceptors (Lipinski definition) is 7. The van der Waals surface area contributed by atoms with Crippen molar-refractivity contribution < 1.29 is 28.4 Å². The number of amides is 1. The number of nitrogens with one attached hydrogen (secondary N) is 1. The van der Waals surface area contributed by atoms with Crippen LogP contribution in [0.2, 0.25) is 0 Å². The first-order valence-corrected chi connectivity index (χ1v) is 9.77. The van der Waals surface area contributed by atoms with Gasteiger partial charge in [-0.15, -0.1) is 0 Å². The van der Waals surface area contributed by atoms with Gasteiger partial charge in [0.2, 0.25) is 5.76 Å². The van der Waals surface area contributed by atoms with E-state index >= 15 is 0 Å². The van der Waals surface area contributed by atoms with E-state index < -0.39 is 12.2 Å². The van der Waals surface area contributed by atoms with Gasteiger partial charge in [-0.1, -0.05) is 47.5 Å². The fourth-order valence-electron chi connectivity index (χ4n) is 3.06. The van der Waals surface area contributed by atoms with Gasteiger partial charge >= 0.3 is 12.2 Å². The van der Waals surface area contributed by atoms with Crippen molar-refractivity contribution in [2.75, 3.05) is 11.9 Å². The quantitative estimate of drug-likeness (QED) is 0.622. The van der Waals surface area contributed by atoms with Crippen LogP contribution in [0.4, 0.5) is 10.5 Å². The maximum absolute atomic E-state index is 12.3. The highest BCUT2D eigenvalue weighted by Crippen LogP contribution is 2.26. The Balaban J connectivity index is 0.000000913. The molecular formula is C24H20N2O6. The Morgan fingerprint density at radius 2 is 1.91 bits per heavy atom. The SMILES string of the molecule is Cc1noc(C#Cc2ccc3c(c2)OCC3)c1NC(=O)OC(C)c1ccccc1.O=C=O. The molecule has 1 amide bonds. The van der Waals surface area contributed by atoms with Gasteiger partial charge in [0.1, 0.15) is 23.2 Å². The lowest BCUT2D eigenvalue weighted by atomic mass is 10.1. The van der Waals surface area contributed by atoms with Crippen LogP contribution in [0.1, 0.15) is 41.2 Å². The van der Waals surface area contributed by atoms with Crippen LogP contribution in [0.5, 0.6) is 5.75 Å². The molecule has 2 aromatic carbocycles. The Morgan fingerprint density at radius 1 is 1.16 bits per heavy atom. The first kappa shape index (κ1) is 22.3. The van der Waals surface area contributed by atoms with Crippen LogP contribution in [-0.2, 0) is 20.7 Å². The van der Waals surface area contributed by atoms with Crippen molar-refractivity contribution in [2.24, 2.45) is 0 Å². The lowest BCUT2D eigenvalue weighted by Crippen LogP contribution is -2.16. The summed E-state index contributed by atoms with van der Waals surface area (Å²) < 4.78 is 16.3. The van der Waals surface area contributed by atoms with E-state index in [9.17, 15) is 4.79 Å². The van der Waals surface area contributed by atoms with E-state index in [-0.39, 0.29) is 11.9 Å². The third kappa shape index (κ3) is 5.63. The molecule has 1 aliphatic rings. The first-order valence-electron chi connectivity index (χ1n) is 9.77. The Hall–Kier alpha value is -4.34. The van der Waals surface area contributed by atoms with E-state index in [1.807, 2.05) is 55.5 Å². The number of fused-ring (bicyclic) bond motifs is 1. The molecule has 4 rings (SSSR count). The van der Waals surface area contributed by atoms with Crippen LogP contribution in [0, 0.1) is 18.8 Å². The predicted molar refractivity (Wildman–Crippen MR) is 113 cm³/mol. The number of anilines is 1. The smallest absolute Gasteiger partial charge is 0.412 e. The first-order chi connectivity index (χ1) is 15.5. The third-order valence-corrected chi connectivity index (χ3v) is 4.66. The van der Waals surface area contributed by atoms with Crippen LogP contribution in [-0.4, -0.2) is 24.0 Å². The Kier molecular flexibility index (Phi) is 7.42. The van der Waals surface area contributed by atoms with Crippen molar-refractivity contribution in [1.82, 2.24) is 5.16 Å². The second-order valence-corrected chi connectivity index (χ2v) is 6.81. The second-order valence-electron chi connectivity index (χ2n) is 6.81. The topological polar surface area (TPSA) is 108 Å². The maximum Gasteiger partial charge on any atom is 0.412 e. The molecule has 0 saturated carbocycles. The summed E-state index contributed by atoms with van der Waals surface area (Å²) in [6.45, 7) is 4.24. The molecule has 0 saturated heterocycles. The van der Waals surface area contributed by atoms with Gasteiger partial charge in [0.15, 0.2) is 0 Å². The summed E-state index contributed by atoms with van der Waals surface area (Å²) in [5, 5.41) is 6.60. The molecule has 1 atom stereocenters. The summed E-state index contributed by atoms with van der Waals surface area (Å²) in [5.41, 5.74) is 3.81. The molecule has 3 aromatic rings. The molecule has 1 N–H and O–H groups in total.